The van der Waals surface area contributed by atoms with E-state index < -0.39 is 6.17 Å². The second-order valence-electron chi connectivity index (χ2n) is 7.38. The molecule has 0 fully saturated rings. The standard InChI is InChI=1S/C23H28ClN3O3/c1-3-4-5-6-7-8-21(28)26-27-22(16-9-12-18(30-2)13-10-16)25-20-14-11-17(24)15-19(20)23(27)29/h9-15,22,25H,3-8H2,1-2H3,(H,26,28). The number of nitrogens with one attached hydrogen (secondary N) is 2. The molecule has 0 spiro atoms. The Morgan fingerprint density at radius 3 is 2.57 bits per heavy atom. The van der Waals surface area contributed by atoms with Gasteiger partial charge in [0.1, 0.15) is 11.9 Å². The molecule has 0 aliphatic carbocycles. The number of ether oxygens (including phenoxy) is 1. The number of fused-ring (bicyclic) bond motifs is 1. The van der Waals surface area contributed by atoms with Gasteiger partial charge in [0.05, 0.1) is 12.7 Å². The number of methoxy groups -OCH3 is 1. The first-order chi connectivity index (χ1) is 14.5. The summed E-state index contributed by atoms with van der Waals surface area (Å²) in [5.74, 6) is 0.243. The first kappa shape index (κ1) is 22.0. The maximum absolute atomic E-state index is 13.2. The Kier molecular flexibility index (Phi) is 7.57. The van der Waals surface area contributed by atoms with Gasteiger partial charge in [-0.25, -0.2) is 5.01 Å². The molecule has 6 nitrogen and oxygen atoms in total. The number of unbranched alkanes of at least 4 members (excludes halogenated alkanes) is 4. The van der Waals surface area contributed by atoms with E-state index in [0.717, 1.165) is 37.0 Å². The molecular formula is C23H28ClN3O3. The first-order valence-corrected chi connectivity index (χ1v) is 10.7. The number of hydrogen-bond acceptors (Lipinski definition) is 4. The molecule has 0 saturated heterocycles. The van der Waals surface area contributed by atoms with Crippen LogP contribution < -0.4 is 15.5 Å². The molecule has 1 atom stereocenters. The third-order valence-electron chi connectivity index (χ3n) is 5.17. The summed E-state index contributed by atoms with van der Waals surface area (Å²) in [6.07, 6.45) is 5.10. The van der Waals surface area contributed by atoms with Crippen molar-refractivity contribution in [1.82, 2.24) is 10.4 Å². The van der Waals surface area contributed by atoms with Crippen molar-refractivity contribution in [2.45, 2.75) is 51.6 Å². The number of benzene rings is 2. The molecule has 0 radical (unpaired) electrons. The lowest BCUT2D eigenvalue weighted by molar-refractivity contribution is -0.125. The number of hydrogen-bond donors (Lipinski definition) is 2. The molecule has 2 aromatic rings. The molecular weight excluding hydrogens is 402 g/mol. The highest BCUT2D eigenvalue weighted by Gasteiger charge is 2.34. The van der Waals surface area contributed by atoms with Crippen molar-refractivity contribution in [3.05, 3.63) is 58.6 Å². The van der Waals surface area contributed by atoms with Crippen molar-refractivity contribution in [3.63, 3.8) is 0 Å². The normalized spacial score (nSPS) is 15.4. The van der Waals surface area contributed by atoms with Crippen LogP contribution in [0.4, 0.5) is 5.69 Å². The molecule has 160 valence electrons. The number of rotatable bonds is 9. The fourth-order valence-electron chi connectivity index (χ4n) is 3.49. The lowest BCUT2D eigenvalue weighted by Gasteiger charge is -2.38. The molecule has 1 aliphatic rings. The van der Waals surface area contributed by atoms with Crippen LogP contribution >= 0.6 is 11.6 Å². The lowest BCUT2D eigenvalue weighted by atomic mass is 10.0. The molecule has 1 heterocycles. The van der Waals surface area contributed by atoms with Gasteiger partial charge in [0.15, 0.2) is 0 Å². The Balaban J connectivity index is 1.80. The SMILES string of the molecule is CCCCCCCC(=O)NN1C(=O)c2cc(Cl)ccc2NC1c1ccc(OC)cc1. The van der Waals surface area contributed by atoms with Gasteiger partial charge < -0.3 is 10.1 Å². The molecule has 7 heteroatoms. The minimum Gasteiger partial charge on any atom is -0.497 e. The highest BCUT2D eigenvalue weighted by Crippen LogP contribution is 2.34. The summed E-state index contributed by atoms with van der Waals surface area (Å²) in [6, 6.07) is 12.5. The van der Waals surface area contributed by atoms with Gasteiger partial charge in [0, 0.05) is 17.1 Å². The summed E-state index contributed by atoms with van der Waals surface area (Å²) >= 11 is 6.09. The highest BCUT2D eigenvalue weighted by atomic mass is 35.5. The molecule has 3 rings (SSSR count). The average Bonchev–Trinajstić information content (AvgIpc) is 2.76. The van der Waals surface area contributed by atoms with Crippen LogP contribution in [0, 0.1) is 0 Å². The number of carbonyl (C=O) groups excluding carboxylic acids is 2. The number of halogens is 1. The van der Waals surface area contributed by atoms with E-state index in [1.165, 1.54) is 11.4 Å². The summed E-state index contributed by atoms with van der Waals surface area (Å²) < 4.78 is 5.23. The largest absolute Gasteiger partial charge is 0.497 e. The number of carbonyl (C=O) groups is 2. The molecule has 30 heavy (non-hydrogen) atoms. The van der Waals surface area contributed by atoms with E-state index in [2.05, 4.69) is 17.7 Å². The van der Waals surface area contributed by atoms with Gasteiger partial charge in [0.2, 0.25) is 5.91 Å². The van der Waals surface area contributed by atoms with Crippen LogP contribution in [0.25, 0.3) is 0 Å². The molecule has 0 saturated carbocycles. The van der Waals surface area contributed by atoms with Gasteiger partial charge >= 0.3 is 0 Å². The van der Waals surface area contributed by atoms with Gasteiger partial charge in [-0.15, -0.1) is 0 Å². The summed E-state index contributed by atoms with van der Waals surface area (Å²) in [7, 11) is 1.60. The Labute approximate surface area is 182 Å². The average molecular weight is 430 g/mol. The van der Waals surface area contributed by atoms with Gasteiger partial charge in [0.25, 0.3) is 5.91 Å². The zero-order chi connectivity index (χ0) is 21.5. The first-order valence-electron chi connectivity index (χ1n) is 10.4. The Morgan fingerprint density at radius 1 is 1.13 bits per heavy atom. The van der Waals surface area contributed by atoms with Crippen LogP contribution in [-0.2, 0) is 4.79 Å². The zero-order valence-corrected chi connectivity index (χ0v) is 18.2. The molecule has 1 unspecified atom stereocenters. The Bertz CT molecular complexity index is 886. The van der Waals surface area contributed by atoms with E-state index >= 15 is 0 Å². The smallest absolute Gasteiger partial charge is 0.276 e. The Hall–Kier alpha value is -2.73. The van der Waals surface area contributed by atoms with Gasteiger partial charge in [-0.05, 0) is 42.3 Å². The number of hydrazine groups is 1. The maximum Gasteiger partial charge on any atom is 0.276 e. The van der Waals surface area contributed by atoms with Gasteiger partial charge in [-0.3, -0.25) is 15.0 Å². The molecule has 2 amide bonds. The van der Waals surface area contributed by atoms with E-state index in [-0.39, 0.29) is 11.8 Å². The third-order valence-corrected chi connectivity index (χ3v) is 5.40. The van der Waals surface area contributed by atoms with Crippen molar-refractivity contribution in [2.75, 3.05) is 12.4 Å². The maximum atomic E-state index is 13.2. The lowest BCUT2D eigenvalue weighted by Crippen LogP contribution is -2.52. The van der Waals surface area contributed by atoms with Gasteiger partial charge in [-0.2, -0.15) is 0 Å². The van der Waals surface area contributed by atoms with Crippen LogP contribution in [0.3, 0.4) is 0 Å². The van der Waals surface area contributed by atoms with Crippen molar-refractivity contribution < 1.29 is 14.3 Å². The van der Waals surface area contributed by atoms with Crippen LogP contribution in [0.5, 0.6) is 5.75 Å². The van der Waals surface area contributed by atoms with Crippen LogP contribution in [-0.4, -0.2) is 23.9 Å². The minimum absolute atomic E-state index is 0.175. The van der Waals surface area contributed by atoms with Crippen molar-refractivity contribution in [2.24, 2.45) is 0 Å². The third kappa shape index (κ3) is 5.25. The second-order valence-corrected chi connectivity index (χ2v) is 7.82. The van der Waals surface area contributed by atoms with E-state index in [0.29, 0.717) is 22.7 Å². The zero-order valence-electron chi connectivity index (χ0n) is 17.4. The minimum atomic E-state index is -0.541. The number of anilines is 1. The van der Waals surface area contributed by atoms with Crippen LogP contribution in [0.2, 0.25) is 5.02 Å². The van der Waals surface area contributed by atoms with Crippen molar-refractivity contribution in [3.8, 4) is 5.75 Å². The van der Waals surface area contributed by atoms with E-state index in [9.17, 15) is 9.59 Å². The van der Waals surface area contributed by atoms with E-state index in [1.807, 2.05) is 24.3 Å². The van der Waals surface area contributed by atoms with Crippen molar-refractivity contribution >= 4 is 29.1 Å². The summed E-state index contributed by atoms with van der Waals surface area (Å²) in [4.78, 5) is 25.8. The van der Waals surface area contributed by atoms with Gasteiger partial charge in [-0.1, -0.05) is 56.3 Å². The van der Waals surface area contributed by atoms with E-state index in [1.54, 1.807) is 25.3 Å². The predicted molar refractivity (Wildman–Crippen MR) is 118 cm³/mol. The Morgan fingerprint density at radius 2 is 1.87 bits per heavy atom. The van der Waals surface area contributed by atoms with Crippen LogP contribution in [0.15, 0.2) is 42.5 Å². The molecule has 0 aromatic heterocycles. The quantitative estimate of drug-likeness (QED) is 0.530. The summed E-state index contributed by atoms with van der Waals surface area (Å²) in [5.41, 5.74) is 4.73. The molecule has 1 aliphatic heterocycles. The highest BCUT2D eigenvalue weighted by molar-refractivity contribution is 6.31. The summed E-state index contributed by atoms with van der Waals surface area (Å²) in [5, 5.41) is 5.16. The number of amides is 2. The molecule has 2 N–H and O–H groups in total. The molecule has 0 bridgehead atoms. The monoisotopic (exact) mass is 429 g/mol. The fraction of sp³-hybridized carbons (Fsp3) is 0.391. The number of nitrogens with zero attached hydrogens (tertiary/aromatic N) is 1. The molecule has 2 aromatic carbocycles. The fourth-order valence-corrected chi connectivity index (χ4v) is 3.66. The van der Waals surface area contributed by atoms with Crippen molar-refractivity contribution in [1.29, 1.82) is 0 Å². The summed E-state index contributed by atoms with van der Waals surface area (Å²) in [6.45, 7) is 2.16. The topological polar surface area (TPSA) is 70.7 Å². The predicted octanol–water partition coefficient (Wildman–Crippen LogP) is 5.31. The van der Waals surface area contributed by atoms with Crippen LogP contribution in [0.1, 0.15) is 67.5 Å². The second kappa shape index (κ2) is 10.3. The van der Waals surface area contributed by atoms with E-state index in [4.69, 9.17) is 16.3 Å².